The molecular weight excluding hydrogens is 349 g/mol. The second-order valence-corrected chi connectivity index (χ2v) is 3.04. The van der Waals surface area contributed by atoms with E-state index in [-0.39, 0.29) is 26.2 Å². The van der Waals surface area contributed by atoms with E-state index in [9.17, 15) is 4.39 Å². The molecule has 1 saturated carbocycles. The molecule has 0 amide bonds. The topological polar surface area (TPSA) is 0 Å². The van der Waals surface area contributed by atoms with Crippen LogP contribution in [0.1, 0.15) is 37.8 Å². The van der Waals surface area contributed by atoms with Crippen molar-refractivity contribution < 1.29 is 24.8 Å². The van der Waals surface area contributed by atoms with E-state index in [2.05, 4.69) is 0 Å². The molecule has 0 heterocycles. The van der Waals surface area contributed by atoms with Crippen molar-refractivity contribution in [2.24, 2.45) is 0 Å². The third-order valence-corrected chi connectivity index (χ3v) is 2.07. The van der Waals surface area contributed by atoms with Gasteiger partial charge in [-0.3, -0.25) is 4.39 Å². The average molecular weight is 365 g/mol. The molecule has 0 bridgehead atoms. The molecule has 1 aromatic rings. The van der Waals surface area contributed by atoms with Gasteiger partial charge in [-0.25, -0.2) is 0 Å². The van der Waals surface area contributed by atoms with E-state index < -0.39 is 0 Å². The Morgan fingerprint density at radius 3 is 2.29 bits per heavy atom. The third-order valence-electron chi connectivity index (χ3n) is 2.07. The SMILES string of the molecule is CC.Cc1cccc([C-]2CC2)c1F.[Re]. The molecule has 0 aromatic heterocycles. The summed E-state index contributed by atoms with van der Waals surface area (Å²) >= 11 is 0. The normalized spacial score (nSPS) is 12.4. The monoisotopic (exact) mass is 366 g/mol. The summed E-state index contributed by atoms with van der Waals surface area (Å²) < 4.78 is 13.3. The molecule has 0 spiro atoms. The molecule has 1 aliphatic rings. The van der Waals surface area contributed by atoms with E-state index >= 15 is 0 Å². The summed E-state index contributed by atoms with van der Waals surface area (Å²) in [6.07, 6.45) is 2.17. The molecule has 0 nitrogen and oxygen atoms in total. The van der Waals surface area contributed by atoms with Crippen LogP contribution in [0.5, 0.6) is 0 Å². The van der Waals surface area contributed by atoms with Crippen molar-refractivity contribution in [2.75, 3.05) is 0 Å². The van der Waals surface area contributed by atoms with Crippen LogP contribution in [-0.2, 0) is 20.4 Å². The van der Waals surface area contributed by atoms with E-state index in [0.29, 0.717) is 0 Å². The van der Waals surface area contributed by atoms with Crippen LogP contribution in [0, 0.1) is 18.7 Å². The van der Waals surface area contributed by atoms with Crippen LogP contribution in [0.4, 0.5) is 4.39 Å². The second kappa shape index (κ2) is 6.22. The Labute approximate surface area is 99.6 Å². The molecule has 0 aliphatic heterocycles. The summed E-state index contributed by atoms with van der Waals surface area (Å²) in [6.45, 7) is 5.81. The fourth-order valence-electron chi connectivity index (χ4n) is 1.25. The van der Waals surface area contributed by atoms with Crippen molar-refractivity contribution in [2.45, 2.75) is 33.6 Å². The van der Waals surface area contributed by atoms with Gasteiger partial charge in [-0.2, -0.15) is 17.5 Å². The number of hydrogen-bond donors (Lipinski definition) is 0. The van der Waals surface area contributed by atoms with Crippen molar-refractivity contribution in [3.8, 4) is 0 Å². The number of benzene rings is 1. The van der Waals surface area contributed by atoms with Gasteiger partial charge in [0.25, 0.3) is 0 Å². The average Bonchev–Trinajstić information content (AvgIpc) is 2.97. The van der Waals surface area contributed by atoms with Gasteiger partial charge in [-0.05, 0) is 6.92 Å². The van der Waals surface area contributed by atoms with Gasteiger partial charge in [0.05, 0.1) is 0 Å². The first-order valence-corrected chi connectivity index (χ1v) is 4.89. The molecular formula is C12H16FRe-. The number of rotatable bonds is 1. The van der Waals surface area contributed by atoms with Crippen LogP contribution in [0.25, 0.3) is 0 Å². The third kappa shape index (κ3) is 3.12. The zero-order valence-corrected chi connectivity index (χ0v) is 11.6. The fraction of sp³-hybridized carbons (Fsp3) is 0.417. The van der Waals surface area contributed by atoms with E-state index in [0.717, 1.165) is 24.0 Å². The minimum Gasteiger partial charge on any atom is -0.283 e. The summed E-state index contributed by atoms with van der Waals surface area (Å²) in [5, 5.41) is 0. The summed E-state index contributed by atoms with van der Waals surface area (Å²) in [4.78, 5) is 0. The van der Waals surface area contributed by atoms with Gasteiger partial charge in [0.15, 0.2) is 0 Å². The minimum absolute atomic E-state index is 0. The van der Waals surface area contributed by atoms with Gasteiger partial charge in [0.2, 0.25) is 0 Å². The van der Waals surface area contributed by atoms with Crippen molar-refractivity contribution in [3.63, 3.8) is 0 Å². The number of aryl methyl sites for hydroxylation is 1. The molecule has 2 heteroatoms. The largest absolute Gasteiger partial charge is 0.283 e. The zero-order chi connectivity index (χ0) is 9.84. The zero-order valence-electron chi connectivity index (χ0n) is 8.90. The Morgan fingerprint density at radius 2 is 1.79 bits per heavy atom. The first-order chi connectivity index (χ1) is 6.29. The molecule has 0 saturated heterocycles. The van der Waals surface area contributed by atoms with Crippen LogP contribution in [0.2, 0.25) is 0 Å². The molecule has 0 N–H and O–H groups in total. The minimum atomic E-state index is -0.0278. The van der Waals surface area contributed by atoms with Gasteiger partial charge in [0, 0.05) is 26.2 Å². The second-order valence-electron chi connectivity index (χ2n) is 3.04. The number of hydrogen-bond acceptors (Lipinski definition) is 0. The quantitative estimate of drug-likeness (QED) is 0.663. The number of halogens is 1. The standard InChI is InChI=1S/C10H10F.C2H6.Re/c1-7-3-2-4-9(10(7)11)8-5-6-8;1-2;/h2-4H,5-6H2,1H3;1-2H3;/q-1;;. The molecule has 79 valence electrons. The maximum absolute atomic E-state index is 13.3. The molecule has 0 unspecified atom stereocenters. The Morgan fingerprint density at radius 1 is 1.21 bits per heavy atom. The molecule has 1 aromatic carbocycles. The molecule has 0 atom stereocenters. The smallest absolute Gasteiger partial charge is 0.0192 e. The van der Waals surface area contributed by atoms with Gasteiger partial charge < -0.3 is 0 Å². The van der Waals surface area contributed by atoms with Gasteiger partial charge in [0.1, 0.15) is 0 Å². The molecule has 1 aliphatic carbocycles. The molecule has 1 radical (unpaired) electrons. The first kappa shape index (κ1) is 13.7. The predicted octanol–water partition coefficient (Wildman–Crippen LogP) is 3.87. The predicted molar refractivity (Wildman–Crippen MR) is 54.1 cm³/mol. The van der Waals surface area contributed by atoms with E-state index in [1.165, 1.54) is 5.92 Å². The van der Waals surface area contributed by atoms with E-state index in [4.69, 9.17) is 0 Å². The van der Waals surface area contributed by atoms with Gasteiger partial charge in [-0.1, -0.05) is 38.3 Å². The van der Waals surface area contributed by atoms with Crippen LogP contribution < -0.4 is 0 Å². The summed E-state index contributed by atoms with van der Waals surface area (Å²) in [5.74, 6) is 1.24. The summed E-state index contributed by atoms with van der Waals surface area (Å²) in [6, 6.07) is 5.59. The van der Waals surface area contributed by atoms with Crippen molar-refractivity contribution in [3.05, 3.63) is 41.1 Å². The maximum atomic E-state index is 13.3. The summed E-state index contributed by atoms with van der Waals surface area (Å²) in [5.41, 5.74) is 1.59. The van der Waals surface area contributed by atoms with Crippen LogP contribution in [0.3, 0.4) is 0 Å². The Balaban J connectivity index is 0.000000531. The first-order valence-electron chi connectivity index (χ1n) is 4.89. The van der Waals surface area contributed by atoms with Crippen molar-refractivity contribution in [1.82, 2.24) is 0 Å². The molecule has 14 heavy (non-hydrogen) atoms. The van der Waals surface area contributed by atoms with Crippen molar-refractivity contribution >= 4 is 0 Å². The van der Waals surface area contributed by atoms with E-state index in [1.54, 1.807) is 0 Å². The fourth-order valence-corrected chi connectivity index (χ4v) is 1.25. The summed E-state index contributed by atoms with van der Waals surface area (Å²) in [7, 11) is 0. The Hall–Kier alpha value is -0.318. The van der Waals surface area contributed by atoms with Crippen LogP contribution >= 0.6 is 0 Å². The van der Waals surface area contributed by atoms with E-state index in [1.807, 2.05) is 39.0 Å². The van der Waals surface area contributed by atoms with Gasteiger partial charge >= 0.3 is 0 Å². The Bertz CT molecular complexity index is 280. The molecule has 1 fully saturated rings. The van der Waals surface area contributed by atoms with Gasteiger partial charge in [-0.15, -0.1) is 6.07 Å². The van der Waals surface area contributed by atoms with Crippen LogP contribution in [0.15, 0.2) is 18.2 Å². The van der Waals surface area contributed by atoms with Crippen LogP contribution in [-0.4, -0.2) is 0 Å². The molecule has 2 rings (SSSR count). The van der Waals surface area contributed by atoms with Crippen molar-refractivity contribution in [1.29, 1.82) is 0 Å². The maximum Gasteiger partial charge on any atom is 0.0192 e. The Kier molecular flexibility index (Phi) is 6.08.